The van der Waals surface area contributed by atoms with Crippen LogP contribution >= 0.6 is 0 Å². The van der Waals surface area contributed by atoms with Crippen molar-refractivity contribution >= 4 is 17.0 Å². The summed E-state index contributed by atoms with van der Waals surface area (Å²) in [5.74, 6) is 1.50. The van der Waals surface area contributed by atoms with Gasteiger partial charge in [-0.1, -0.05) is 37.6 Å². The molecule has 0 spiro atoms. The van der Waals surface area contributed by atoms with Gasteiger partial charge >= 0.3 is 0 Å². The Labute approximate surface area is 216 Å². The molecular formula is C30H43N5O. The van der Waals surface area contributed by atoms with Gasteiger partial charge in [-0.05, 0) is 95.5 Å². The molecular weight excluding hydrogens is 446 g/mol. The van der Waals surface area contributed by atoms with Gasteiger partial charge in [-0.15, -0.1) is 0 Å². The summed E-state index contributed by atoms with van der Waals surface area (Å²) in [7, 11) is 2.23. The number of hydrogen-bond donors (Lipinski definition) is 2. The monoisotopic (exact) mass is 489 g/mol. The highest BCUT2D eigenvalue weighted by atomic mass is 16.3. The normalized spacial score (nSPS) is 22.7. The second-order valence-electron chi connectivity index (χ2n) is 11.3. The number of likely N-dealkylation sites (tertiary alicyclic amines) is 1. The molecule has 1 atom stereocenters. The number of nitrogens with zero attached hydrogens (tertiary/aromatic N) is 4. The van der Waals surface area contributed by atoms with E-state index in [0.717, 1.165) is 55.5 Å². The van der Waals surface area contributed by atoms with E-state index in [1.54, 1.807) is 0 Å². The fourth-order valence-electron chi connectivity index (χ4n) is 6.09. The zero-order valence-electron chi connectivity index (χ0n) is 22.3. The second kappa shape index (κ2) is 11.3. The van der Waals surface area contributed by atoms with Crippen LogP contribution in [0, 0.1) is 5.92 Å². The molecule has 2 N–H and O–H groups in total. The zero-order valence-corrected chi connectivity index (χ0v) is 22.3. The fourth-order valence-corrected chi connectivity index (χ4v) is 6.09. The fraction of sp³-hybridized carbons (Fsp3) is 0.600. The average molecular weight is 490 g/mol. The van der Waals surface area contributed by atoms with Crippen molar-refractivity contribution < 1.29 is 5.11 Å². The molecule has 0 amide bonds. The molecule has 1 aromatic carbocycles. The summed E-state index contributed by atoms with van der Waals surface area (Å²) < 4.78 is 2.36. The lowest BCUT2D eigenvalue weighted by atomic mass is 9.90. The highest BCUT2D eigenvalue weighted by molar-refractivity contribution is 5.94. The lowest BCUT2D eigenvalue weighted by Gasteiger charge is -2.29. The van der Waals surface area contributed by atoms with E-state index >= 15 is 0 Å². The van der Waals surface area contributed by atoms with Gasteiger partial charge in [-0.25, -0.2) is 4.98 Å². The first-order valence-corrected chi connectivity index (χ1v) is 14.1. The molecule has 0 radical (unpaired) electrons. The van der Waals surface area contributed by atoms with Crippen LogP contribution in [0.25, 0.3) is 22.2 Å². The number of fused-ring (bicyclic) bond motifs is 1. The average Bonchev–Trinajstić information content (AvgIpc) is 3.25. The van der Waals surface area contributed by atoms with E-state index in [2.05, 4.69) is 66.1 Å². The molecule has 2 aliphatic rings. The van der Waals surface area contributed by atoms with Gasteiger partial charge < -0.3 is 19.9 Å². The molecule has 5 rings (SSSR count). The summed E-state index contributed by atoms with van der Waals surface area (Å²) >= 11 is 0. The van der Waals surface area contributed by atoms with Crippen LogP contribution in [-0.2, 0) is 6.42 Å². The minimum atomic E-state index is -0.165. The number of piperidine rings is 1. The number of aliphatic hydroxyl groups excluding tert-OH is 1. The van der Waals surface area contributed by atoms with Crippen LogP contribution in [-0.4, -0.2) is 56.8 Å². The molecule has 1 aliphatic carbocycles. The predicted molar refractivity (Wildman–Crippen MR) is 148 cm³/mol. The van der Waals surface area contributed by atoms with Gasteiger partial charge in [-0.3, -0.25) is 0 Å². The van der Waals surface area contributed by atoms with Crippen LogP contribution in [0.2, 0.25) is 0 Å². The molecule has 6 heteroatoms. The number of aliphatic hydroxyl groups is 1. The van der Waals surface area contributed by atoms with Crippen molar-refractivity contribution in [3.63, 3.8) is 0 Å². The highest BCUT2D eigenvalue weighted by Crippen LogP contribution is 2.37. The van der Waals surface area contributed by atoms with Crippen LogP contribution in [0.3, 0.4) is 0 Å². The molecule has 2 fully saturated rings. The Bertz CT molecular complexity index is 1120. The third kappa shape index (κ3) is 5.76. The molecule has 6 nitrogen and oxygen atoms in total. The van der Waals surface area contributed by atoms with Gasteiger partial charge in [-0.2, -0.15) is 4.98 Å². The smallest absolute Gasteiger partial charge is 0.224 e. The van der Waals surface area contributed by atoms with E-state index in [1.807, 2.05) is 6.20 Å². The summed E-state index contributed by atoms with van der Waals surface area (Å²) in [4.78, 5) is 12.2. The number of rotatable bonds is 8. The predicted octanol–water partition coefficient (Wildman–Crippen LogP) is 6.06. The number of hydrogen-bond acceptors (Lipinski definition) is 5. The molecule has 2 aromatic heterocycles. The molecule has 3 heterocycles. The molecule has 194 valence electrons. The van der Waals surface area contributed by atoms with Crippen molar-refractivity contribution in [1.82, 2.24) is 19.4 Å². The Morgan fingerprint density at radius 2 is 1.78 bits per heavy atom. The first-order valence-electron chi connectivity index (χ1n) is 14.1. The van der Waals surface area contributed by atoms with Crippen LogP contribution in [0.1, 0.15) is 76.8 Å². The van der Waals surface area contributed by atoms with Crippen molar-refractivity contribution in [2.75, 3.05) is 25.5 Å². The van der Waals surface area contributed by atoms with Gasteiger partial charge in [0.1, 0.15) is 5.65 Å². The lowest BCUT2D eigenvalue weighted by Crippen LogP contribution is -2.30. The minimum Gasteiger partial charge on any atom is -0.393 e. The Morgan fingerprint density at radius 3 is 2.47 bits per heavy atom. The quantitative estimate of drug-likeness (QED) is 0.403. The summed E-state index contributed by atoms with van der Waals surface area (Å²) in [6, 6.07) is 9.91. The molecule has 1 aliphatic heterocycles. The summed E-state index contributed by atoms with van der Waals surface area (Å²) in [6.45, 7) is 6.83. The van der Waals surface area contributed by atoms with Crippen LogP contribution < -0.4 is 5.32 Å². The maximum Gasteiger partial charge on any atom is 0.224 e. The van der Waals surface area contributed by atoms with Gasteiger partial charge in [0, 0.05) is 35.4 Å². The van der Waals surface area contributed by atoms with E-state index in [4.69, 9.17) is 9.97 Å². The largest absolute Gasteiger partial charge is 0.393 e. The van der Waals surface area contributed by atoms with E-state index in [9.17, 15) is 5.11 Å². The summed E-state index contributed by atoms with van der Waals surface area (Å²) in [5.41, 5.74) is 4.87. The molecule has 0 bridgehead atoms. The highest BCUT2D eigenvalue weighted by Gasteiger charge is 2.24. The van der Waals surface area contributed by atoms with Crippen LogP contribution in [0.15, 0.2) is 36.7 Å². The SMILES string of the molecule is CCC[C@@H](C)Nc1ncc2c(-c3ccc(CC4CCN(C)CC4)cc3)cn(C3CCC(O)CC3)c2n1. The zero-order chi connectivity index (χ0) is 25.1. The maximum absolute atomic E-state index is 10.1. The van der Waals surface area contributed by atoms with Crippen molar-refractivity contribution in [2.45, 2.75) is 89.8 Å². The standard InChI is InChI=1S/C30H43N5O/c1-4-5-21(2)32-30-31-19-27-28(20-35(29(27)33-30)25-10-12-26(36)13-11-25)24-8-6-22(7-9-24)18-23-14-16-34(3)17-15-23/h6-9,19-21,23,25-26,36H,4-5,10-18H2,1-3H3,(H,31,32,33)/t21-,25?,26?/m1/s1. The molecule has 0 unspecified atom stereocenters. The number of nitrogens with one attached hydrogen (secondary N) is 1. The Hall–Kier alpha value is -2.44. The van der Waals surface area contributed by atoms with Gasteiger partial charge in [0.25, 0.3) is 0 Å². The Kier molecular flexibility index (Phi) is 7.92. The molecule has 1 saturated carbocycles. The first kappa shape index (κ1) is 25.2. The van der Waals surface area contributed by atoms with Crippen LogP contribution in [0.5, 0.6) is 0 Å². The molecule has 3 aromatic rings. The van der Waals surface area contributed by atoms with E-state index < -0.39 is 0 Å². The van der Waals surface area contributed by atoms with Crippen LogP contribution in [0.4, 0.5) is 5.95 Å². The van der Waals surface area contributed by atoms with E-state index in [0.29, 0.717) is 18.0 Å². The first-order chi connectivity index (χ1) is 17.5. The second-order valence-corrected chi connectivity index (χ2v) is 11.3. The van der Waals surface area contributed by atoms with E-state index in [-0.39, 0.29) is 6.10 Å². The summed E-state index contributed by atoms with van der Waals surface area (Å²) in [5, 5.41) is 14.7. The third-order valence-corrected chi connectivity index (χ3v) is 8.36. The maximum atomic E-state index is 10.1. The molecule has 1 saturated heterocycles. The third-order valence-electron chi connectivity index (χ3n) is 8.36. The molecule has 36 heavy (non-hydrogen) atoms. The van der Waals surface area contributed by atoms with Crippen molar-refractivity contribution in [3.05, 3.63) is 42.2 Å². The van der Waals surface area contributed by atoms with Crippen molar-refractivity contribution in [2.24, 2.45) is 5.92 Å². The minimum absolute atomic E-state index is 0.165. The van der Waals surface area contributed by atoms with Gasteiger partial charge in [0.05, 0.1) is 6.10 Å². The van der Waals surface area contributed by atoms with Gasteiger partial charge in [0.15, 0.2) is 0 Å². The van der Waals surface area contributed by atoms with E-state index in [1.165, 1.54) is 49.0 Å². The number of benzene rings is 1. The van der Waals surface area contributed by atoms with Gasteiger partial charge in [0.2, 0.25) is 5.95 Å². The lowest BCUT2D eigenvalue weighted by molar-refractivity contribution is 0.111. The van der Waals surface area contributed by atoms with Crippen molar-refractivity contribution in [1.29, 1.82) is 0 Å². The Balaban J connectivity index is 1.42. The Morgan fingerprint density at radius 1 is 1.06 bits per heavy atom. The number of aromatic nitrogens is 3. The topological polar surface area (TPSA) is 66.2 Å². The summed E-state index contributed by atoms with van der Waals surface area (Å²) in [6.07, 6.45) is 13.8. The van der Waals surface area contributed by atoms with Crippen molar-refractivity contribution in [3.8, 4) is 11.1 Å². The number of anilines is 1.